The second-order valence-electron chi connectivity index (χ2n) is 3.32. The zero-order chi connectivity index (χ0) is 9.14. The van der Waals surface area contributed by atoms with Gasteiger partial charge in [-0.15, -0.1) is 0 Å². The van der Waals surface area contributed by atoms with Gasteiger partial charge in [0.1, 0.15) is 5.78 Å². The first kappa shape index (κ1) is 9.23. The number of hydrogen-bond acceptors (Lipinski definition) is 2. The van der Waals surface area contributed by atoms with Crippen molar-refractivity contribution < 1.29 is 14.7 Å². The molecule has 0 unspecified atom stereocenters. The van der Waals surface area contributed by atoms with Gasteiger partial charge in [0.25, 0.3) is 0 Å². The van der Waals surface area contributed by atoms with Gasteiger partial charge in [-0.3, -0.25) is 9.59 Å². The van der Waals surface area contributed by atoms with Crippen molar-refractivity contribution in [3.63, 3.8) is 0 Å². The zero-order valence-electron chi connectivity index (χ0n) is 7.25. The second-order valence-corrected chi connectivity index (χ2v) is 3.32. The molecule has 0 radical (unpaired) electrons. The average Bonchev–Trinajstić information content (AvgIpc) is 2.03. The Morgan fingerprint density at radius 3 is 2.75 bits per heavy atom. The molecule has 0 bridgehead atoms. The third-order valence-electron chi connectivity index (χ3n) is 2.59. The third-order valence-corrected chi connectivity index (χ3v) is 2.59. The van der Waals surface area contributed by atoms with Crippen LogP contribution in [0.4, 0.5) is 0 Å². The van der Waals surface area contributed by atoms with E-state index >= 15 is 0 Å². The first-order chi connectivity index (χ1) is 5.66. The van der Waals surface area contributed by atoms with Gasteiger partial charge in [0, 0.05) is 12.3 Å². The summed E-state index contributed by atoms with van der Waals surface area (Å²) in [4.78, 5) is 22.0. The van der Waals surface area contributed by atoms with E-state index < -0.39 is 11.9 Å². The molecule has 0 heterocycles. The molecule has 68 valence electrons. The summed E-state index contributed by atoms with van der Waals surface area (Å²) in [6, 6.07) is 0. The van der Waals surface area contributed by atoms with Crippen molar-refractivity contribution in [2.45, 2.75) is 32.6 Å². The first-order valence-electron chi connectivity index (χ1n) is 4.42. The Kier molecular flexibility index (Phi) is 2.84. The van der Waals surface area contributed by atoms with Crippen LogP contribution in [0.2, 0.25) is 0 Å². The Morgan fingerprint density at radius 1 is 1.67 bits per heavy atom. The van der Waals surface area contributed by atoms with E-state index in [9.17, 15) is 9.59 Å². The lowest BCUT2D eigenvalue weighted by molar-refractivity contribution is -0.148. The smallest absolute Gasteiger partial charge is 0.307 e. The molecule has 0 aromatic heterocycles. The standard InChI is InChI=1S/C9H14O3/c1-2-6-7(9(11)12)4-3-5-8(6)10/h6-7H,2-5H2,1H3,(H,11,12)/t6-,7+/m0/s1. The van der Waals surface area contributed by atoms with Gasteiger partial charge in [-0.25, -0.2) is 0 Å². The van der Waals surface area contributed by atoms with Crippen molar-refractivity contribution >= 4 is 11.8 Å². The van der Waals surface area contributed by atoms with Crippen LogP contribution in [0.15, 0.2) is 0 Å². The lowest BCUT2D eigenvalue weighted by atomic mass is 9.77. The predicted molar refractivity (Wildman–Crippen MR) is 43.8 cm³/mol. The topological polar surface area (TPSA) is 54.4 Å². The van der Waals surface area contributed by atoms with Gasteiger partial charge in [0.15, 0.2) is 0 Å². The number of ketones is 1. The molecule has 3 heteroatoms. The molecule has 0 aromatic rings. The van der Waals surface area contributed by atoms with Crippen LogP contribution in [0.3, 0.4) is 0 Å². The number of carbonyl (C=O) groups excluding carboxylic acids is 1. The van der Waals surface area contributed by atoms with E-state index in [1.165, 1.54) is 0 Å². The van der Waals surface area contributed by atoms with E-state index in [0.29, 0.717) is 19.3 Å². The number of carbonyl (C=O) groups is 2. The number of Topliss-reactive ketones (excluding diaryl/α,β-unsaturated/α-hetero) is 1. The maximum absolute atomic E-state index is 11.3. The third kappa shape index (κ3) is 1.65. The molecule has 1 aliphatic carbocycles. The minimum absolute atomic E-state index is 0.135. The number of hydrogen-bond donors (Lipinski definition) is 1. The maximum atomic E-state index is 11.3. The molecule has 2 atom stereocenters. The Bertz CT molecular complexity index is 198. The van der Waals surface area contributed by atoms with Gasteiger partial charge in [-0.2, -0.15) is 0 Å². The van der Waals surface area contributed by atoms with Crippen LogP contribution >= 0.6 is 0 Å². The Morgan fingerprint density at radius 2 is 2.33 bits per heavy atom. The molecular formula is C9H14O3. The van der Waals surface area contributed by atoms with E-state index in [0.717, 1.165) is 6.42 Å². The van der Waals surface area contributed by atoms with Gasteiger partial charge in [-0.1, -0.05) is 6.92 Å². The summed E-state index contributed by atoms with van der Waals surface area (Å²) in [5.41, 5.74) is 0. The maximum Gasteiger partial charge on any atom is 0.307 e. The lowest BCUT2D eigenvalue weighted by Crippen LogP contribution is -2.33. The van der Waals surface area contributed by atoms with Crippen LogP contribution in [-0.4, -0.2) is 16.9 Å². The summed E-state index contributed by atoms with van der Waals surface area (Å²) in [6.07, 6.45) is 2.64. The predicted octanol–water partition coefficient (Wildman–Crippen LogP) is 1.47. The van der Waals surface area contributed by atoms with Gasteiger partial charge < -0.3 is 5.11 Å². The molecule has 0 aliphatic heterocycles. The van der Waals surface area contributed by atoms with Gasteiger partial charge in [0.2, 0.25) is 0 Å². The van der Waals surface area contributed by atoms with E-state index in [4.69, 9.17) is 5.11 Å². The van der Waals surface area contributed by atoms with Crippen LogP contribution in [-0.2, 0) is 9.59 Å². The largest absolute Gasteiger partial charge is 0.481 e. The fourth-order valence-electron chi connectivity index (χ4n) is 1.91. The monoisotopic (exact) mass is 170 g/mol. The highest BCUT2D eigenvalue weighted by atomic mass is 16.4. The molecule has 1 N–H and O–H groups in total. The summed E-state index contributed by atoms with van der Waals surface area (Å²) in [5.74, 6) is -1.32. The van der Waals surface area contributed by atoms with Crippen molar-refractivity contribution in [1.29, 1.82) is 0 Å². The van der Waals surface area contributed by atoms with Crippen molar-refractivity contribution in [2.24, 2.45) is 11.8 Å². The second kappa shape index (κ2) is 3.70. The highest BCUT2D eigenvalue weighted by Gasteiger charge is 2.34. The Hall–Kier alpha value is -0.860. The number of carboxylic acid groups (broad SMARTS) is 1. The molecule has 0 spiro atoms. The van der Waals surface area contributed by atoms with Gasteiger partial charge in [-0.05, 0) is 19.3 Å². The van der Waals surface area contributed by atoms with E-state index in [-0.39, 0.29) is 11.7 Å². The number of aliphatic carboxylic acids is 1. The quantitative estimate of drug-likeness (QED) is 0.682. The van der Waals surface area contributed by atoms with Crippen molar-refractivity contribution in [3.8, 4) is 0 Å². The van der Waals surface area contributed by atoms with Crippen LogP contribution in [0.5, 0.6) is 0 Å². The fourth-order valence-corrected chi connectivity index (χ4v) is 1.91. The van der Waals surface area contributed by atoms with Crippen LogP contribution in [0, 0.1) is 11.8 Å². The summed E-state index contributed by atoms with van der Waals surface area (Å²) >= 11 is 0. The summed E-state index contributed by atoms with van der Waals surface area (Å²) in [5, 5.41) is 8.81. The molecule has 0 aromatic carbocycles. The average molecular weight is 170 g/mol. The highest BCUT2D eigenvalue weighted by Crippen LogP contribution is 2.29. The zero-order valence-corrected chi connectivity index (χ0v) is 7.25. The molecule has 1 fully saturated rings. The number of rotatable bonds is 2. The summed E-state index contributed by atoms with van der Waals surface area (Å²) < 4.78 is 0. The molecule has 3 nitrogen and oxygen atoms in total. The Balaban J connectivity index is 2.70. The molecule has 0 saturated heterocycles. The summed E-state index contributed by atoms with van der Waals surface area (Å²) in [6.45, 7) is 1.88. The molecule has 1 saturated carbocycles. The van der Waals surface area contributed by atoms with E-state index in [2.05, 4.69) is 0 Å². The molecule has 1 aliphatic rings. The normalized spacial score (nSPS) is 30.2. The van der Waals surface area contributed by atoms with Crippen molar-refractivity contribution in [2.75, 3.05) is 0 Å². The van der Waals surface area contributed by atoms with E-state index in [1.807, 2.05) is 6.92 Å². The minimum Gasteiger partial charge on any atom is -0.481 e. The lowest BCUT2D eigenvalue weighted by Gasteiger charge is -2.25. The molecule has 1 rings (SSSR count). The van der Waals surface area contributed by atoms with Crippen molar-refractivity contribution in [3.05, 3.63) is 0 Å². The van der Waals surface area contributed by atoms with Gasteiger partial charge in [0.05, 0.1) is 5.92 Å². The minimum atomic E-state index is -0.810. The van der Waals surface area contributed by atoms with Crippen LogP contribution in [0.25, 0.3) is 0 Å². The summed E-state index contributed by atoms with van der Waals surface area (Å²) in [7, 11) is 0. The van der Waals surface area contributed by atoms with Crippen LogP contribution in [0.1, 0.15) is 32.6 Å². The highest BCUT2D eigenvalue weighted by molar-refractivity contribution is 5.87. The molecule has 12 heavy (non-hydrogen) atoms. The molecular weight excluding hydrogens is 156 g/mol. The van der Waals surface area contributed by atoms with Gasteiger partial charge >= 0.3 is 5.97 Å². The SMILES string of the molecule is CC[C@@H]1C(=O)CCC[C@H]1C(=O)O. The first-order valence-corrected chi connectivity index (χ1v) is 4.42. The van der Waals surface area contributed by atoms with Crippen molar-refractivity contribution in [1.82, 2.24) is 0 Å². The number of carboxylic acids is 1. The fraction of sp³-hybridized carbons (Fsp3) is 0.778. The van der Waals surface area contributed by atoms with Crippen LogP contribution < -0.4 is 0 Å². The van der Waals surface area contributed by atoms with E-state index in [1.54, 1.807) is 0 Å². The molecule has 0 amide bonds. The Labute approximate surface area is 71.8 Å².